The number of nitrogens with one attached hydrogen (secondary N) is 2. The highest BCUT2D eigenvalue weighted by Gasteiger charge is 2.45. The number of carbonyl (C=O) groups is 4. The standard InChI is InChI=1S/C43H44N6O8/c1-48-36-11-12-44-24-35(36)32-6-3-25(17-38(32)48)26-4-10-40(46-23-26)57-31-20-29(21-31)55-15-2-14-54-16-13-45-27-18-30(19-27)56-28-5-7-33-34(22-28)43(53)49(42(33)52)37-8-9-39(50)47-41(37)51/h3-7,10-12,17,22-24,27,29-31,37,45H,2,8-9,13-16,18-21H2,1H3,(H,47,50,51)/t27-,29-,30-,31-,37?. The van der Waals surface area contributed by atoms with Crippen molar-refractivity contribution in [1.29, 1.82) is 0 Å². The molecule has 4 aliphatic rings. The molecule has 0 radical (unpaired) electrons. The first kappa shape index (κ1) is 36.9. The Hall–Kier alpha value is -5.70. The molecule has 2 aliphatic heterocycles. The van der Waals surface area contributed by atoms with Crippen LogP contribution in [-0.2, 0) is 26.1 Å². The fraction of sp³-hybridized carbons (Fsp3) is 0.395. The van der Waals surface area contributed by atoms with Crippen LogP contribution in [0.25, 0.3) is 32.9 Å². The van der Waals surface area contributed by atoms with Crippen LogP contribution >= 0.6 is 0 Å². The van der Waals surface area contributed by atoms with Gasteiger partial charge in [-0.2, -0.15) is 0 Å². The Morgan fingerprint density at radius 2 is 1.61 bits per heavy atom. The third-order valence-electron chi connectivity index (χ3n) is 11.5. The molecule has 2 N–H and O–H groups in total. The van der Waals surface area contributed by atoms with Gasteiger partial charge >= 0.3 is 0 Å². The Labute approximate surface area is 328 Å². The van der Waals surface area contributed by atoms with Crippen LogP contribution in [0.3, 0.4) is 0 Å². The quantitative estimate of drug-likeness (QED) is 0.112. The van der Waals surface area contributed by atoms with Gasteiger partial charge in [0.15, 0.2) is 0 Å². The first-order valence-corrected chi connectivity index (χ1v) is 19.7. The van der Waals surface area contributed by atoms with Gasteiger partial charge in [0, 0.05) is 98.6 Å². The summed E-state index contributed by atoms with van der Waals surface area (Å²) in [6, 6.07) is 16.7. The number of imide groups is 2. The molecule has 1 atom stereocenters. The molecule has 14 heteroatoms. The smallest absolute Gasteiger partial charge is 0.262 e. The Bertz CT molecular complexity index is 2350. The number of nitrogens with zero attached hydrogens (tertiary/aromatic N) is 4. The number of aryl methyl sites for hydroxylation is 1. The first-order chi connectivity index (χ1) is 27.8. The third kappa shape index (κ3) is 7.47. The van der Waals surface area contributed by atoms with E-state index in [2.05, 4.69) is 56.5 Å². The molecule has 2 aliphatic carbocycles. The van der Waals surface area contributed by atoms with Crippen molar-refractivity contribution in [3.63, 3.8) is 0 Å². The van der Waals surface area contributed by atoms with E-state index in [9.17, 15) is 19.2 Å². The maximum Gasteiger partial charge on any atom is 0.262 e. The molecule has 1 saturated heterocycles. The van der Waals surface area contributed by atoms with Gasteiger partial charge in [-0.15, -0.1) is 0 Å². The van der Waals surface area contributed by atoms with Crippen molar-refractivity contribution in [3.05, 3.63) is 84.3 Å². The minimum atomic E-state index is -0.991. The molecule has 5 aromatic rings. The van der Waals surface area contributed by atoms with Gasteiger partial charge in [-0.05, 0) is 67.6 Å². The molecule has 2 aromatic carbocycles. The fourth-order valence-corrected chi connectivity index (χ4v) is 8.17. The van der Waals surface area contributed by atoms with Gasteiger partial charge in [0.05, 0.1) is 29.4 Å². The van der Waals surface area contributed by atoms with Crippen LogP contribution in [0.2, 0.25) is 0 Å². The van der Waals surface area contributed by atoms with E-state index in [1.165, 1.54) is 5.39 Å². The van der Waals surface area contributed by atoms with Crippen LogP contribution in [0.15, 0.2) is 73.2 Å². The zero-order valence-corrected chi connectivity index (χ0v) is 31.6. The van der Waals surface area contributed by atoms with Crippen molar-refractivity contribution in [2.45, 2.75) is 75.3 Å². The van der Waals surface area contributed by atoms with E-state index in [-0.39, 0.29) is 42.3 Å². The molecule has 294 valence electrons. The van der Waals surface area contributed by atoms with Gasteiger partial charge in [-0.3, -0.25) is 34.4 Å². The van der Waals surface area contributed by atoms with Crippen LogP contribution in [0.5, 0.6) is 11.6 Å². The van der Waals surface area contributed by atoms with Gasteiger partial charge < -0.3 is 28.8 Å². The molecule has 1 unspecified atom stereocenters. The minimum absolute atomic E-state index is 0.00783. The number of hydrogen-bond acceptors (Lipinski definition) is 11. The predicted molar refractivity (Wildman–Crippen MR) is 209 cm³/mol. The average Bonchev–Trinajstić information content (AvgIpc) is 3.61. The Kier molecular flexibility index (Phi) is 10.2. The minimum Gasteiger partial charge on any atom is -0.490 e. The number of amides is 4. The summed E-state index contributed by atoms with van der Waals surface area (Å²) < 4.78 is 26.2. The van der Waals surface area contributed by atoms with Gasteiger partial charge in [-0.1, -0.05) is 12.1 Å². The summed E-state index contributed by atoms with van der Waals surface area (Å²) in [5.41, 5.74) is 4.92. The molecule has 14 nitrogen and oxygen atoms in total. The zero-order chi connectivity index (χ0) is 39.0. The third-order valence-corrected chi connectivity index (χ3v) is 11.5. The van der Waals surface area contributed by atoms with E-state index in [0.717, 1.165) is 71.1 Å². The summed E-state index contributed by atoms with van der Waals surface area (Å²) in [7, 11) is 2.08. The highest BCUT2D eigenvalue weighted by atomic mass is 16.5. The van der Waals surface area contributed by atoms with Crippen LogP contribution in [0, 0.1) is 0 Å². The lowest BCUT2D eigenvalue weighted by Crippen LogP contribution is -2.54. The second kappa shape index (κ2) is 15.7. The van der Waals surface area contributed by atoms with Gasteiger partial charge in [-0.25, -0.2) is 4.98 Å². The average molecular weight is 773 g/mol. The van der Waals surface area contributed by atoms with Crippen LogP contribution in [-0.4, -0.2) is 99.8 Å². The van der Waals surface area contributed by atoms with Crippen LogP contribution < -0.4 is 20.1 Å². The largest absolute Gasteiger partial charge is 0.490 e. The van der Waals surface area contributed by atoms with Crippen molar-refractivity contribution < 1.29 is 38.1 Å². The molecule has 3 aromatic heterocycles. The van der Waals surface area contributed by atoms with Crippen molar-refractivity contribution in [2.24, 2.45) is 7.05 Å². The molecule has 3 fully saturated rings. The number of hydrogen-bond donors (Lipinski definition) is 2. The molecule has 9 rings (SSSR count). The lowest BCUT2D eigenvalue weighted by atomic mass is 9.89. The van der Waals surface area contributed by atoms with E-state index in [4.69, 9.17) is 18.9 Å². The summed E-state index contributed by atoms with van der Waals surface area (Å²) in [6.45, 7) is 2.62. The lowest BCUT2D eigenvalue weighted by Gasteiger charge is -2.36. The topological polar surface area (TPSA) is 163 Å². The van der Waals surface area contributed by atoms with Crippen molar-refractivity contribution in [2.75, 3.05) is 26.4 Å². The molecule has 2 saturated carbocycles. The summed E-state index contributed by atoms with van der Waals surface area (Å²) in [5.74, 6) is -0.970. The van der Waals surface area contributed by atoms with E-state index < -0.39 is 29.7 Å². The highest BCUT2D eigenvalue weighted by molar-refractivity contribution is 6.23. The number of ether oxygens (including phenoxy) is 4. The zero-order valence-electron chi connectivity index (χ0n) is 31.6. The number of pyridine rings is 2. The Balaban J connectivity index is 0.618. The van der Waals surface area contributed by atoms with E-state index in [1.54, 1.807) is 18.2 Å². The summed E-state index contributed by atoms with van der Waals surface area (Å²) in [5, 5.41) is 8.04. The molecular weight excluding hydrogens is 729 g/mol. The molecular formula is C43H44N6O8. The van der Waals surface area contributed by atoms with Crippen LogP contribution in [0.1, 0.15) is 65.7 Å². The van der Waals surface area contributed by atoms with E-state index in [0.29, 0.717) is 37.5 Å². The molecule has 0 bridgehead atoms. The Morgan fingerprint density at radius 1 is 0.789 bits per heavy atom. The second-order valence-corrected chi connectivity index (χ2v) is 15.3. The highest BCUT2D eigenvalue weighted by Crippen LogP contribution is 2.34. The lowest BCUT2D eigenvalue weighted by molar-refractivity contribution is -0.136. The number of fused-ring (bicyclic) bond motifs is 4. The summed E-state index contributed by atoms with van der Waals surface area (Å²) >= 11 is 0. The monoisotopic (exact) mass is 772 g/mol. The molecule has 4 amide bonds. The number of benzene rings is 2. The van der Waals surface area contributed by atoms with E-state index in [1.807, 2.05) is 30.7 Å². The summed E-state index contributed by atoms with van der Waals surface area (Å²) in [4.78, 5) is 59.7. The maximum atomic E-state index is 13.1. The number of piperidine rings is 1. The maximum absolute atomic E-state index is 13.1. The normalized spacial score (nSPS) is 23.0. The van der Waals surface area contributed by atoms with Crippen molar-refractivity contribution >= 4 is 45.4 Å². The number of aromatic nitrogens is 3. The second-order valence-electron chi connectivity index (χ2n) is 15.3. The molecule has 57 heavy (non-hydrogen) atoms. The Morgan fingerprint density at radius 3 is 2.44 bits per heavy atom. The number of carbonyl (C=O) groups excluding carboxylic acids is 4. The van der Waals surface area contributed by atoms with Gasteiger partial charge in [0.2, 0.25) is 17.7 Å². The van der Waals surface area contributed by atoms with Gasteiger partial charge in [0.1, 0.15) is 24.0 Å². The SMILES string of the molecule is Cn1c2ccncc2c2ccc(-c3ccc(O[C@H]4C[C@H](OCCCOCCN[C@H]5C[C@H](Oc6ccc7c(c6)C(=O)N(C6CCC(=O)NC6=O)C7=O)C5)C4)nc3)cc21. The van der Waals surface area contributed by atoms with Crippen molar-refractivity contribution in [3.8, 4) is 22.8 Å². The first-order valence-electron chi connectivity index (χ1n) is 19.7. The summed E-state index contributed by atoms with van der Waals surface area (Å²) in [6.07, 6.45) is 10.3. The van der Waals surface area contributed by atoms with Crippen LogP contribution in [0.4, 0.5) is 0 Å². The number of rotatable bonds is 15. The van der Waals surface area contributed by atoms with Gasteiger partial charge in [0.25, 0.3) is 11.8 Å². The molecule has 0 spiro atoms. The van der Waals surface area contributed by atoms with E-state index >= 15 is 0 Å². The molecule has 5 heterocycles. The predicted octanol–water partition coefficient (Wildman–Crippen LogP) is 4.72. The fourth-order valence-electron chi connectivity index (χ4n) is 8.17. The van der Waals surface area contributed by atoms with Crippen molar-refractivity contribution in [1.82, 2.24) is 30.1 Å².